The van der Waals surface area contributed by atoms with Crippen molar-refractivity contribution < 1.29 is 24.5 Å². The van der Waals surface area contributed by atoms with Crippen LogP contribution in [0.1, 0.15) is 450 Å². The summed E-state index contributed by atoms with van der Waals surface area (Å²) in [7, 11) is 0. The molecular weight excluding hydrogens is 1080 g/mol. The average molecular weight is 1240 g/mol. The van der Waals surface area contributed by atoms with E-state index in [1.807, 2.05) is 6.08 Å². The molecule has 0 aliphatic carbocycles. The van der Waals surface area contributed by atoms with Crippen LogP contribution in [0.25, 0.3) is 0 Å². The van der Waals surface area contributed by atoms with Gasteiger partial charge in [0.05, 0.1) is 25.4 Å². The minimum atomic E-state index is -0.845. The Morgan fingerprint density at radius 3 is 0.864 bits per heavy atom. The maximum Gasteiger partial charge on any atom is 0.305 e. The molecule has 6 heteroatoms. The third kappa shape index (κ3) is 73.1. The zero-order valence-corrected chi connectivity index (χ0v) is 59.7. The molecule has 0 aromatic carbocycles. The molecule has 0 radical (unpaired) electrons. The van der Waals surface area contributed by atoms with Crippen LogP contribution in [0.4, 0.5) is 0 Å². The van der Waals surface area contributed by atoms with Gasteiger partial charge in [-0.05, 0) is 64.2 Å². The predicted octanol–water partition coefficient (Wildman–Crippen LogP) is 26.6. The number of aliphatic hydroxyl groups is 2. The van der Waals surface area contributed by atoms with E-state index in [1.165, 1.54) is 379 Å². The maximum absolute atomic E-state index is 12.6. The summed E-state index contributed by atoms with van der Waals surface area (Å²) < 4.78 is 5.49. The fourth-order valence-electron chi connectivity index (χ4n) is 12.8. The summed E-state index contributed by atoms with van der Waals surface area (Å²) in [4.78, 5) is 24.6. The molecule has 0 heterocycles. The molecule has 6 nitrogen and oxygen atoms in total. The normalized spacial score (nSPS) is 12.6. The van der Waals surface area contributed by atoms with Gasteiger partial charge >= 0.3 is 5.97 Å². The Bertz CT molecular complexity index is 1430. The summed E-state index contributed by atoms with van der Waals surface area (Å²) in [6.45, 7) is 4.95. The summed E-state index contributed by atoms with van der Waals surface area (Å²) in [6.07, 6.45) is 101. The van der Waals surface area contributed by atoms with Gasteiger partial charge in [-0.1, -0.05) is 410 Å². The summed E-state index contributed by atoms with van der Waals surface area (Å²) in [5, 5.41) is 23.3. The summed E-state index contributed by atoms with van der Waals surface area (Å²) >= 11 is 0. The summed E-state index contributed by atoms with van der Waals surface area (Å²) in [5.41, 5.74) is 0. The zero-order valence-electron chi connectivity index (χ0n) is 59.7. The minimum Gasteiger partial charge on any atom is -0.466 e. The quantitative estimate of drug-likeness (QED) is 0.0320. The molecule has 3 N–H and O–H groups in total. The lowest BCUT2D eigenvalue weighted by atomic mass is 10.0. The van der Waals surface area contributed by atoms with Crippen molar-refractivity contribution in [2.24, 2.45) is 0 Å². The van der Waals surface area contributed by atoms with E-state index in [2.05, 4.69) is 43.5 Å². The number of rotatable bonds is 76. The highest BCUT2D eigenvalue weighted by molar-refractivity contribution is 5.76. The van der Waals surface area contributed by atoms with E-state index in [1.54, 1.807) is 6.08 Å². The lowest BCUT2D eigenvalue weighted by molar-refractivity contribution is -0.143. The number of amides is 1. The van der Waals surface area contributed by atoms with Crippen molar-refractivity contribution in [3.05, 3.63) is 36.5 Å². The van der Waals surface area contributed by atoms with Crippen molar-refractivity contribution in [2.75, 3.05) is 13.2 Å². The number of unbranched alkanes of at least 4 members (excludes halogenated alkanes) is 61. The predicted molar refractivity (Wildman–Crippen MR) is 389 cm³/mol. The van der Waals surface area contributed by atoms with Gasteiger partial charge in [0, 0.05) is 12.8 Å². The Hall–Kier alpha value is -1.92. The molecule has 0 saturated heterocycles. The molecule has 2 unspecified atom stereocenters. The summed E-state index contributed by atoms with van der Waals surface area (Å²) in [6, 6.07) is -0.628. The Kier molecular flexibility index (Phi) is 75.8. The van der Waals surface area contributed by atoms with Gasteiger partial charge < -0.3 is 20.3 Å². The highest BCUT2D eigenvalue weighted by Gasteiger charge is 2.18. The number of carbonyl (C=O) groups is 2. The summed E-state index contributed by atoms with van der Waals surface area (Å²) in [5.74, 6) is -0.0447. The third-order valence-corrected chi connectivity index (χ3v) is 18.9. The first-order valence-electron chi connectivity index (χ1n) is 40.3. The van der Waals surface area contributed by atoms with Crippen LogP contribution < -0.4 is 5.32 Å². The number of nitrogens with one attached hydrogen (secondary N) is 1. The van der Waals surface area contributed by atoms with Crippen molar-refractivity contribution in [1.29, 1.82) is 0 Å². The van der Waals surface area contributed by atoms with E-state index in [-0.39, 0.29) is 18.5 Å². The Morgan fingerprint density at radius 1 is 0.318 bits per heavy atom. The van der Waals surface area contributed by atoms with Crippen LogP contribution in [0.5, 0.6) is 0 Å². The van der Waals surface area contributed by atoms with Crippen LogP contribution in [-0.2, 0) is 14.3 Å². The van der Waals surface area contributed by atoms with Gasteiger partial charge in [-0.25, -0.2) is 0 Å². The van der Waals surface area contributed by atoms with Gasteiger partial charge in [-0.3, -0.25) is 9.59 Å². The monoisotopic (exact) mass is 1240 g/mol. The van der Waals surface area contributed by atoms with Gasteiger partial charge in [0.25, 0.3) is 0 Å². The van der Waals surface area contributed by atoms with E-state index >= 15 is 0 Å². The highest BCUT2D eigenvalue weighted by Crippen LogP contribution is 2.20. The van der Waals surface area contributed by atoms with Crippen LogP contribution in [-0.4, -0.2) is 47.4 Å². The molecule has 0 aliphatic heterocycles. The molecule has 2 atom stereocenters. The first-order chi connectivity index (χ1) is 43.5. The number of aliphatic hydroxyl groups excluding tert-OH is 2. The largest absolute Gasteiger partial charge is 0.466 e. The molecule has 88 heavy (non-hydrogen) atoms. The van der Waals surface area contributed by atoms with Crippen LogP contribution in [0.15, 0.2) is 36.5 Å². The number of ether oxygens (including phenoxy) is 1. The van der Waals surface area contributed by atoms with Crippen molar-refractivity contribution in [3.63, 3.8) is 0 Å². The number of hydrogen-bond acceptors (Lipinski definition) is 5. The molecular formula is C82H157NO5. The van der Waals surface area contributed by atoms with Gasteiger partial charge in [-0.2, -0.15) is 0 Å². The minimum absolute atomic E-state index is 0.0162. The lowest BCUT2D eigenvalue weighted by Gasteiger charge is -2.20. The van der Waals surface area contributed by atoms with Crippen LogP contribution in [0, 0.1) is 0 Å². The van der Waals surface area contributed by atoms with Gasteiger partial charge in [0.2, 0.25) is 5.91 Å². The molecule has 0 aliphatic rings. The van der Waals surface area contributed by atoms with Crippen molar-refractivity contribution in [1.82, 2.24) is 5.32 Å². The van der Waals surface area contributed by atoms with E-state index in [0.29, 0.717) is 19.4 Å². The molecule has 1 amide bonds. The second kappa shape index (κ2) is 77.5. The molecule has 0 rings (SSSR count). The van der Waals surface area contributed by atoms with Crippen molar-refractivity contribution in [2.45, 2.75) is 463 Å². The van der Waals surface area contributed by atoms with Gasteiger partial charge in [0.1, 0.15) is 0 Å². The topological polar surface area (TPSA) is 95.9 Å². The van der Waals surface area contributed by atoms with Gasteiger partial charge in [-0.15, -0.1) is 0 Å². The number of carbonyl (C=O) groups excluding carboxylic acids is 2. The highest BCUT2D eigenvalue weighted by atomic mass is 16.5. The second-order valence-corrected chi connectivity index (χ2v) is 27.8. The van der Waals surface area contributed by atoms with Gasteiger partial charge in [0.15, 0.2) is 0 Å². The standard InChI is InChI=1S/C82H157NO5/c1-3-5-7-9-11-13-15-17-18-19-20-21-22-32-35-38-41-44-47-51-54-58-62-66-70-74-80(85)79(78-84)83-81(86)75-71-67-63-59-55-52-48-45-42-39-36-33-30-28-26-24-23-25-27-29-31-34-37-40-43-46-49-53-57-61-65-69-73-77-88-82(87)76-72-68-64-60-56-50-16-14-12-10-8-6-4-2/h27,29,34,37,70,74,79-80,84-85H,3-26,28,30-33,35-36,38-69,71-73,75-78H2,1-2H3,(H,83,86)/b29-27-,37-34-,74-70+. The van der Waals surface area contributed by atoms with Crippen LogP contribution in [0.2, 0.25) is 0 Å². The molecule has 0 aromatic rings. The maximum atomic E-state index is 12.6. The second-order valence-electron chi connectivity index (χ2n) is 27.8. The smallest absolute Gasteiger partial charge is 0.305 e. The lowest BCUT2D eigenvalue weighted by Crippen LogP contribution is -2.45. The van der Waals surface area contributed by atoms with E-state index in [9.17, 15) is 19.8 Å². The first-order valence-corrected chi connectivity index (χ1v) is 40.3. The Morgan fingerprint density at radius 2 is 0.568 bits per heavy atom. The molecule has 0 saturated carbocycles. The van der Waals surface area contributed by atoms with E-state index in [0.717, 1.165) is 44.9 Å². The molecule has 0 bridgehead atoms. The third-order valence-electron chi connectivity index (χ3n) is 18.9. The molecule has 0 aromatic heterocycles. The molecule has 0 spiro atoms. The molecule has 520 valence electrons. The molecule has 0 fully saturated rings. The average Bonchev–Trinajstić information content (AvgIpc) is 3.53. The van der Waals surface area contributed by atoms with Crippen LogP contribution in [0.3, 0.4) is 0 Å². The SMILES string of the molecule is CCCCCCCCCCCCCCCCCCCCCCCCC/C=C/C(O)C(CO)NC(=O)CCCCCCCCCCCCCCCCCCC/C=C\C/C=C\CCCCCCCCCCCOC(=O)CCCCCCCCCCCCCCC. The number of esters is 1. The van der Waals surface area contributed by atoms with Crippen molar-refractivity contribution in [3.8, 4) is 0 Å². The van der Waals surface area contributed by atoms with Crippen molar-refractivity contribution >= 4 is 11.9 Å². The fourth-order valence-corrected chi connectivity index (χ4v) is 12.8. The Balaban J connectivity index is 3.40. The zero-order chi connectivity index (χ0) is 63.5. The Labute approximate surface area is 551 Å². The van der Waals surface area contributed by atoms with E-state index < -0.39 is 12.1 Å². The number of allylic oxidation sites excluding steroid dienone is 5. The van der Waals surface area contributed by atoms with Crippen LogP contribution >= 0.6 is 0 Å². The number of hydrogen-bond donors (Lipinski definition) is 3. The first kappa shape index (κ1) is 86.1. The fraction of sp³-hybridized carbons (Fsp3) is 0.902. The van der Waals surface area contributed by atoms with E-state index in [4.69, 9.17) is 4.74 Å².